The monoisotopic (exact) mass is 347 g/mol. The molecule has 0 atom stereocenters. The fraction of sp³-hybridized carbons (Fsp3) is 0.389. The van der Waals surface area contributed by atoms with Gasteiger partial charge in [-0.2, -0.15) is 0 Å². The third-order valence-electron chi connectivity index (χ3n) is 3.60. The molecule has 1 heterocycles. The molecule has 0 unspecified atom stereocenters. The fourth-order valence-electron chi connectivity index (χ4n) is 2.07. The summed E-state index contributed by atoms with van der Waals surface area (Å²) in [6, 6.07) is 13.4. The van der Waals surface area contributed by atoms with Crippen LogP contribution in [0.1, 0.15) is 27.2 Å². The van der Waals surface area contributed by atoms with E-state index in [0.717, 1.165) is 30.9 Å². The molecule has 1 aromatic heterocycles. The van der Waals surface area contributed by atoms with E-state index in [0.29, 0.717) is 0 Å². The Morgan fingerprint density at radius 2 is 1.54 bits per heavy atom. The summed E-state index contributed by atoms with van der Waals surface area (Å²) in [5.41, 5.74) is 1.93. The molecule has 0 saturated heterocycles. The molecule has 2 aromatic rings. The Morgan fingerprint density at radius 1 is 0.917 bits per heavy atom. The molecule has 2 rings (SSSR count). The van der Waals surface area contributed by atoms with E-state index in [4.69, 9.17) is 0 Å². The molecule has 1 aromatic carbocycles. The number of para-hydroxylation sites is 1. The quantitative estimate of drug-likeness (QED) is 0.749. The van der Waals surface area contributed by atoms with Gasteiger partial charge in [0.1, 0.15) is 0 Å². The summed E-state index contributed by atoms with van der Waals surface area (Å²) in [5, 5.41) is 6.71. The number of nitrogens with zero attached hydrogens (tertiary/aromatic N) is 1. The van der Waals surface area contributed by atoms with E-state index in [2.05, 4.69) is 15.6 Å². The molecule has 0 saturated carbocycles. The molecule has 0 aliphatic heterocycles. The molecule has 24 heavy (non-hydrogen) atoms. The lowest BCUT2D eigenvalue weighted by atomic mass is 10.3. The van der Waals surface area contributed by atoms with Gasteiger partial charge in [0.15, 0.2) is 14.9 Å². The predicted molar refractivity (Wildman–Crippen MR) is 99.2 cm³/mol. The van der Waals surface area contributed by atoms with Crippen LogP contribution in [0.4, 0.5) is 11.4 Å². The van der Waals surface area contributed by atoms with Crippen molar-refractivity contribution < 1.29 is 8.42 Å². The standard InChI is InChI=1S/C18H25N3O2S/c1-18(2,3)24(22,23)17-11-10-16(14-21-17)20-13-7-12-19-15-8-5-4-6-9-15/h4-6,8-11,14,19-20H,7,12-13H2,1-3H3. The number of rotatable bonds is 7. The number of pyridine rings is 1. The van der Waals surface area contributed by atoms with E-state index in [1.807, 2.05) is 30.3 Å². The Morgan fingerprint density at radius 3 is 2.08 bits per heavy atom. The molecule has 0 fully saturated rings. The Hall–Kier alpha value is -2.08. The van der Waals surface area contributed by atoms with Crippen molar-refractivity contribution >= 4 is 21.2 Å². The number of anilines is 2. The third kappa shape index (κ3) is 4.71. The van der Waals surface area contributed by atoms with Crippen molar-refractivity contribution in [3.05, 3.63) is 48.7 Å². The zero-order valence-electron chi connectivity index (χ0n) is 14.4. The Kier molecular flexibility index (Phi) is 5.83. The highest BCUT2D eigenvalue weighted by molar-refractivity contribution is 7.92. The number of benzene rings is 1. The van der Waals surface area contributed by atoms with Crippen molar-refractivity contribution in [1.29, 1.82) is 0 Å². The number of sulfone groups is 1. The molecule has 6 heteroatoms. The van der Waals surface area contributed by atoms with E-state index in [1.165, 1.54) is 0 Å². The van der Waals surface area contributed by atoms with Gasteiger partial charge in [-0.05, 0) is 51.5 Å². The molecule has 0 bridgehead atoms. The van der Waals surface area contributed by atoms with Crippen molar-refractivity contribution in [2.75, 3.05) is 23.7 Å². The van der Waals surface area contributed by atoms with Crippen molar-refractivity contribution in [2.45, 2.75) is 37.0 Å². The Bertz CT molecular complexity index is 736. The molecular weight excluding hydrogens is 322 g/mol. The number of hydrogen-bond donors (Lipinski definition) is 2. The van der Waals surface area contributed by atoms with E-state index in [-0.39, 0.29) is 5.03 Å². The normalized spacial score (nSPS) is 12.0. The summed E-state index contributed by atoms with van der Waals surface area (Å²) in [7, 11) is -3.40. The minimum absolute atomic E-state index is 0.117. The van der Waals surface area contributed by atoms with Crippen molar-refractivity contribution in [3.63, 3.8) is 0 Å². The van der Waals surface area contributed by atoms with Gasteiger partial charge in [0.05, 0.1) is 16.6 Å². The van der Waals surface area contributed by atoms with Crippen LogP contribution in [-0.2, 0) is 9.84 Å². The average molecular weight is 347 g/mol. The minimum atomic E-state index is -3.40. The zero-order valence-corrected chi connectivity index (χ0v) is 15.2. The summed E-state index contributed by atoms with van der Waals surface area (Å²) < 4.78 is 23.8. The van der Waals surface area contributed by atoms with Crippen LogP contribution in [-0.4, -0.2) is 31.2 Å². The second kappa shape index (κ2) is 7.66. The first-order chi connectivity index (χ1) is 11.3. The van der Waals surface area contributed by atoms with Crippen LogP contribution < -0.4 is 10.6 Å². The first-order valence-corrected chi connectivity index (χ1v) is 9.52. The smallest absolute Gasteiger partial charge is 0.200 e. The van der Waals surface area contributed by atoms with Crippen LogP contribution in [0.3, 0.4) is 0 Å². The van der Waals surface area contributed by atoms with E-state index < -0.39 is 14.6 Å². The Labute approximate surface area is 144 Å². The molecular formula is C18H25N3O2S. The van der Waals surface area contributed by atoms with Gasteiger partial charge in [-0.15, -0.1) is 0 Å². The highest BCUT2D eigenvalue weighted by Crippen LogP contribution is 2.23. The van der Waals surface area contributed by atoms with Crippen molar-refractivity contribution in [2.24, 2.45) is 0 Å². The fourth-order valence-corrected chi connectivity index (χ4v) is 3.13. The number of aromatic nitrogens is 1. The second-order valence-electron chi connectivity index (χ2n) is 6.57. The van der Waals surface area contributed by atoms with Crippen LogP contribution in [0.5, 0.6) is 0 Å². The van der Waals surface area contributed by atoms with Gasteiger partial charge in [0.2, 0.25) is 0 Å². The van der Waals surface area contributed by atoms with E-state index in [9.17, 15) is 8.42 Å². The van der Waals surface area contributed by atoms with E-state index in [1.54, 1.807) is 39.1 Å². The van der Waals surface area contributed by atoms with Gasteiger partial charge in [0.25, 0.3) is 0 Å². The van der Waals surface area contributed by atoms with Crippen LogP contribution in [0.2, 0.25) is 0 Å². The topological polar surface area (TPSA) is 71.1 Å². The second-order valence-corrected chi connectivity index (χ2v) is 9.22. The van der Waals surface area contributed by atoms with Crippen LogP contribution in [0.15, 0.2) is 53.7 Å². The maximum Gasteiger partial charge on any atom is 0.200 e. The summed E-state index contributed by atoms with van der Waals surface area (Å²) in [4.78, 5) is 4.10. The molecule has 2 N–H and O–H groups in total. The summed E-state index contributed by atoms with van der Waals surface area (Å²) in [6.07, 6.45) is 2.51. The van der Waals surface area contributed by atoms with Gasteiger partial charge < -0.3 is 10.6 Å². The maximum atomic E-state index is 12.3. The SMILES string of the molecule is CC(C)(C)S(=O)(=O)c1ccc(NCCCNc2ccccc2)cn1. The third-order valence-corrected chi connectivity index (χ3v) is 6.01. The number of nitrogens with one attached hydrogen (secondary N) is 2. The molecule has 0 aliphatic carbocycles. The van der Waals surface area contributed by atoms with Gasteiger partial charge in [-0.25, -0.2) is 13.4 Å². The number of hydrogen-bond acceptors (Lipinski definition) is 5. The van der Waals surface area contributed by atoms with Crippen LogP contribution in [0, 0.1) is 0 Å². The van der Waals surface area contributed by atoms with Gasteiger partial charge in [-0.1, -0.05) is 18.2 Å². The van der Waals surface area contributed by atoms with Gasteiger partial charge >= 0.3 is 0 Å². The lowest BCUT2D eigenvalue weighted by molar-refractivity contribution is 0.556. The van der Waals surface area contributed by atoms with Crippen LogP contribution in [0.25, 0.3) is 0 Å². The summed E-state index contributed by atoms with van der Waals surface area (Å²) in [5.74, 6) is 0. The molecule has 0 aliphatic rings. The summed E-state index contributed by atoms with van der Waals surface area (Å²) in [6.45, 7) is 6.68. The maximum absolute atomic E-state index is 12.3. The minimum Gasteiger partial charge on any atom is -0.385 e. The van der Waals surface area contributed by atoms with E-state index >= 15 is 0 Å². The zero-order chi connectivity index (χ0) is 17.6. The highest BCUT2D eigenvalue weighted by atomic mass is 32.2. The molecule has 0 amide bonds. The molecule has 5 nitrogen and oxygen atoms in total. The van der Waals surface area contributed by atoms with Crippen molar-refractivity contribution in [3.8, 4) is 0 Å². The average Bonchev–Trinajstić information content (AvgIpc) is 2.55. The lowest BCUT2D eigenvalue weighted by Gasteiger charge is -2.18. The molecule has 0 spiro atoms. The van der Waals surface area contributed by atoms with Crippen molar-refractivity contribution in [1.82, 2.24) is 4.98 Å². The summed E-state index contributed by atoms with van der Waals surface area (Å²) >= 11 is 0. The largest absolute Gasteiger partial charge is 0.385 e. The lowest BCUT2D eigenvalue weighted by Crippen LogP contribution is -2.28. The predicted octanol–water partition coefficient (Wildman–Crippen LogP) is 3.57. The molecule has 130 valence electrons. The first kappa shape index (κ1) is 18.3. The van der Waals surface area contributed by atoms with Gasteiger partial charge in [0, 0.05) is 18.8 Å². The highest BCUT2D eigenvalue weighted by Gasteiger charge is 2.31. The first-order valence-electron chi connectivity index (χ1n) is 8.04. The van der Waals surface area contributed by atoms with Gasteiger partial charge in [-0.3, -0.25) is 0 Å². The molecule has 0 radical (unpaired) electrons. The van der Waals surface area contributed by atoms with Crippen LogP contribution >= 0.6 is 0 Å². The Balaban J connectivity index is 1.80.